The summed E-state index contributed by atoms with van der Waals surface area (Å²) in [5, 5.41) is 9.76. The Kier molecular flexibility index (Phi) is 6.29. The number of nitrogen functional groups attached to an aromatic ring is 1. The number of nitrogens with zero attached hydrogens (tertiary/aromatic N) is 8. The number of ether oxygens (including phenoxy) is 1. The number of nitrogens with two attached hydrogens (primary N) is 1. The van der Waals surface area contributed by atoms with Crippen molar-refractivity contribution in [3.8, 4) is 0 Å². The first kappa shape index (κ1) is 20.4. The molecule has 1 aromatic carbocycles. The molecule has 11 heteroatoms. The topological polar surface area (TPSA) is 111 Å². The van der Waals surface area contributed by atoms with Gasteiger partial charge in [0.1, 0.15) is 5.82 Å². The summed E-state index contributed by atoms with van der Waals surface area (Å²) in [6.07, 6.45) is 0. The van der Waals surface area contributed by atoms with E-state index in [0.29, 0.717) is 37.3 Å². The summed E-state index contributed by atoms with van der Waals surface area (Å²) in [4.78, 5) is 16.9. The smallest absolute Gasteiger partial charge is 0.229 e. The summed E-state index contributed by atoms with van der Waals surface area (Å²) in [5.74, 6) is 2.73. The van der Waals surface area contributed by atoms with E-state index < -0.39 is 0 Å². The Bertz CT molecular complexity index is 973. The van der Waals surface area contributed by atoms with Crippen LogP contribution in [0.2, 0.25) is 0 Å². The van der Waals surface area contributed by atoms with Gasteiger partial charge in [-0.2, -0.15) is 15.0 Å². The normalized spacial score (nSPS) is 14.1. The number of anilines is 3. The summed E-state index contributed by atoms with van der Waals surface area (Å²) in [6.45, 7) is 3.67. The van der Waals surface area contributed by atoms with Crippen LogP contribution >= 0.6 is 11.8 Å². The first-order valence-electron chi connectivity index (χ1n) is 9.70. The molecule has 0 unspecified atom stereocenters. The van der Waals surface area contributed by atoms with E-state index >= 15 is 0 Å². The van der Waals surface area contributed by atoms with Gasteiger partial charge in [-0.1, -0.05) is 42.1 Å². The van der Waals surface area contributed by atoms with E-state index in [1.165, 1.54) is 17.3 Å². The molecule has 1 fully saturated rings. The maximum Gasteiger partial charge on any atom is 0.229 e. The minimum Gasteiger partial charge on any atom is -0.378 e. The fraction of sp³-hybridized carbons (Fsp3) is 0.421. The van der Waals surface area contributed by atoms with Gasteiger partial charge in [0.25, 0.3) is 0 Å². The lowest BCUT2D eigenvalue weighted by molar-refractivity contribution is 0.121. The van der Waals surface area contributed by atoms with Gasteiger partial charge in [0, 0.05) is 27.2 Å². The highest BCUT2D eigenvalue weighted by molar-refractivity contribution is 7.98. The number of thioether (sulfide) groups is 1. The predicted octanol–water partition coefficient (Wildman–Crippen LogP) is 1.29. The Morgan fingerprint density at radius 3 is 2.57 bits per heavy atom. The summed E-state index contributed by atoms with van der Waals surface area (Å²) in [7, 11) is 3.74. The molecular weight excluding hydrogens is 402 g/mol. The van der Waals surface area contributed by atoms with Crippen LogP contribution in [-0.4, -0.2) is 70.1 Å². The second kappa shape index (κ2) is 9.26. The third-order valence-corrected chi connectivity index (χ3v) is 5.56. The first-order chi connectivity index (χ1) is 14.6. The molecule has 1 saturated heterocycles. The fourth-order valence-electron chi connectivity index (χ4n) is 3.11. The van der Waals surface area contributed by atoms with E-state index in [1.807, 2.05) is 32.3 Å². The molecule has 3 aromatic rings. The molecule has 1 aliphatic heterocycles. The van der Waals surface area contributed by atoms with Crippen molar-refractivity contribution in [3.05, 3.63) is 41.7 Å². The van der Waals surface area contributed by atoms with Crippen molar-refractivity contribution >= 4 is 29.6 Å². The van der Waals surface area contributed by atoms with Crippen LogP contribution in [0.1, 0.15) is 11.4 Å². The van der Waals surface area contributed by atoms with Gasteiger partial charge in [0.15, 0.2) is 5.16 Å². The predicted molar refractivity (Wildman–Crippen MR) is 117 cm³/mol. The number of morpholine rings is 1. The third-order valence-electron chi connectivity index (χ3n) is 4.59. The highest BCUT2D eigenvalue weighted by Gasteiger charge is 2.21. The Morgan fingerprint density at radius 1 is 1.07 bits per heavy atom. The summed E-state index contributed by atoms with van der Waals surface area (Å²) in [5.41, 5.74) is 7.04. The van der Waals surface area contributed by atoms with Crippen LogP contribution in [0.5, 0.6) is 0 Å². The minimum absolute atomic E-state index is 0.212. The molecule has 0 bridgehead atoms. The highest BCUT2D eigenvalue weighted by Crippen LogP contribution is 2.26. The van der Waals surface area contributed by atoms with Gasteiger partial charge < -0.3 is 20.3 Å². The van der Waals surface area contributed by atoms with Crippen LogP contribution in [-0.2, 0) is 17.0 Å². The van der Waals surface area contributed by atoms with Crippen molar-refractivity contribution in [3.63, 3.8) is 0 Å². The van der Waals surface area contributed by atoms with E-state index in [4.69, 9.17) is 10.5 Å². The lowest BCUT2D eigenvalue weighted by Crippen LogP contribution is -2.38. The monoisotopic (exact) mass is 427 g/mol. The third kappa shape index (κ3) is 4.79. The molecular formula is C19H25N9OS. The molecule has 158 valence electrons. The molecule has 3 heterocycles. The molecule has 0 spiro atoms. The van der Waals surface area contributed by atoms with E-state index in [2.05, 4.69) is 46.7 Å². The zero-order chi connectivity index (χ0) is 20.9. The van der Waals surface area contributed by atoms with E-state index in [-0.39, 0.29) is 5.95 Å². The Balaban J connectivity index is 1.58. The second-order valence-electron chi connectivity index (χ2n) is 7.05. The van der Waals surface area contributed by atoms with E-state index in [9.17, 15) is 0 Å². The molecule has 2 N–H and O–H groups in total. The zero-order valence-corrected chi connectivity index (χ0v) is 17.9. The maximum absolute atomic E-state index is 5.85. The molecule has 4 rings (SSSR count). The number of hydrogen-bond donors (Lipinski definition) is 1. The number of hydrogen-bond acceptors (Lipinski definition) is 10. The molecule has 30 heavy (non-hydrogen) atoms. The van der Waals surface area contributed by atoms with Gasteiger partial charge in [0.05, 0.1) is 25.5 Å². The van der Waals surface area contributed by atoms with Crippen LogP contribution in [0.25, 0.3) is 0 Å². The van der Waals surface area contributed by atoms with Crippen molar-refractivity contribution in [1.82, 2.24) is 29.7 Å². The van der Waals surface area contributed by atoms with Gasteiger partial charge >= 0.3 is 0 Å². The molecule has 0 aliphatic carbocycles. The Hall–Kier alpha value is -2.92. The van der Waals surface area contributed by atoms with Crippen molar-refractivity contribution in [2.24, 2.45) is 0 Å². The molecule has 2 aromatic heterocycles. The molecule has 0 radical (unpaired) electrons. The molecule has 10 nitrogen and oxygen atoms in total. The van der Waals surface area contributed by atoms with Crippen LogP contribution < -0.4 is 15.5 Å². The van der Waals surface area contributed by atoms with Crippen LogP contribution in [0.15, 0.2) is 35.5 Å². The average Bonchev–Trinajstić information content (AvgIpc) is 3.15. The average molecular weight is 428 g/mol. The summed E-state index contributed by atoms with van der Waals surface area (Å²) in [6, 6.07) is 10.3. The Morgan fingerprint density at radius 2 is 1.83 bits per heavy atom. The van der Waals surface area contributed by atoms with E-state index in [1.54, 1.807) is 4.90 Å². The number of aromatic nitrogens is 6. The lowest BCUT2D eigenvalue weighted by atomic mass is 10.2. The van der Waals surface area contributed by atoms with Gasteiger partial charge in [-0.3, -0.25) is 4.57 Å². The second-order valence-corrected chi connectivity index (χ2v) is 7.99. The quantitative estimate of drug-likeness (QED) is 0.554. The van der Waals surface area contributed by atoms with Gasteiger partial charge in [0.2, 0.25) is 17.8 Å². The van der Waals surface area contributed by atoms with Crippen molar-refractivity contribution < 1.29 is 4.74 Å². The van der Waals surface area contributed by atoms with E-state index in [0.717, 1.165) is 24.2 Å². The standard InChI is InChI=1S/C19H25N9OS/c1-26(2)17-22-15(21-16(20)23-17)13-30-19-25-24-18(27-8-10-29-11-9-27)28(19)12-14-6-4-3-5-7-14/h3-7H,8-13H2,1-2H3,(H2,20,21,22,23). The largest absolute Gasteiger partial charge is 0.378 e. The SMILES string of the molecule is CN(C)c1nc(N)nc(CSc2nnc(N3CCOCC3)n2Cc2ccccc2)n1. The van der Waals surface area contributed by atoms with Crippen LogP contribution in [0.4, 0.5) is 17.8 Å². The van der Waals surface area contributed by atoms with Crippen molar-refractivity contribution in [2.75, 3.05) is 55.9 Å². The van der Waals surface area contributed by atoms with Crippen LogP contribution in [0, 0.1) is 0 Å². The molecule has 0 saturated carbocycles. The van der Waals surface area contributed by atoms with Crippen LogP contribution in [0.3, 0.4) is 0 Å². The molecule has 1 aliphatic rings. The minimum atomic E-state index is 0.212. The first-order valence-corrected chi connectivity index (χ1v) is 10.7. The highest BCUT2D eigenvalue weighted by atomic mass is 32.2. The van der Waals surface area contributed by atoms with Gasteiger partial charge in [-0.25, -0.2) is 0 Å². The molecule has 0 amide bonds. The number of benzene rings is 1. The lowest BCUT2D eigenvalue weighted by Gasteiger charge is -2.28. The Labute approximate surface area is 179 Å². The van der Waals surface area contributed by atoms with Gasteiger partial charge in [-0.05, 0) is 5.56 Å². The summed E-state index contributed by atoms with van der Waals surface area (Å²) >= 11 is 1.54. The fourth-order valence-corrected chi connectivity index (χ4v) is 3.90. The van der Waals surface area contributed by atoms with Crippen molar-refractivity contribution in [2.45, 2.75) is 17.5 Å². The maximum atomic E-state index is 5.85. The van der Waals surface area contributed by atoms with Crippen molar-refractivity contribution in [1.29, 1.82) is 0 Å². The molecule has 0 atom stereocenters. The zero-order valence-electron chi connectivity index (χ0n) is 17.1. The number of rotatable bonds is 7. The summed E-state index contributed by atoms with van der Waals surface area (Å²) < 4.78 is 7.63. The van der Waals surface area contributed by atoms with Gasteiger partial charge in [-0.15, -0.1) is 10.2 Å².